The molecule has 1 N–H and O–H groups in total. The van der Waals surface area contributed by atoms with Crippen LogP contribution in [0.2, 0.25) is 0 Å². The summed E-state index contributed by atoms with van der Waals surface area (Å²) in [5, 5.41) is 2.88. The zero-order valence-electron chi connectivity index (χ0n) is 13.8. The fraction of sp³-hybridized carbons (Fsp3) is 0.263. The fourth-order valence-electron chi connectivity index (χ4n) is 2.72. The zero-order chi connectivity index (χ0) is 17.1. The van der Waals surface area contributed by atoms with E-state index in [-0.39, 0.29) is 11.8 Å². The van der Waals surface area contributed by atoms with E-state index in [9.17, 15) is 9.59 Å². The van der Waals surface area contributed by atoms with Crippen molar-refractivity contribution in [3.8, 4) is 5.75 Å². The SMILES string of the molecule is CC(=O)N1CCOc2ccc(NC(=O)Cc3ccc(C)cc3)cc21. The summed E-state index contributed by atoms with van der Waals surface area (Å²) in [6, 6.07) is 13.2. The minimum absolute atomic E-state index is 0.0392. The van der Waals surface area contributed by atoms with Crippen LogP contribution >= 0.6 is 0 Å². The lowest BCUT2D eigenvalue weighted by atomic mass is 10.1. The number of aryl methyl sites for hydroxylation is 1. The monoisotopic (exact) mass is 324 g/mol. The van der Waals surface area contributed by atoms with Crippen LogP contribution in [0.5, 0.6) is 5.75 Å². The fourth-order valence-corrected chi connectivity index (χ4v) is 2.72. The first-order valence-electron chi connectivity index (χ1n) is 7.93. The maximum Gasteiger partial charge on any atom is 0.228 e. The maximum atomic E-state index is 12.2. The van der Waals surface area contributed by atoms with Crippen molar-refractivity contribution in [3.05, 3.63) is 53.6 Å². The van der Waals surface area contributed by atoms with E-state index < -0.39 is 0 Å². The first-order chi connectivity index (χ1) is 11.5. The third-order valence-electron chi connectivity index (χ3n) is 3.97. The van der Waals surface area contributed by atoms with Gasteiger partial charge in [-0.1, -0.05) is 29.8 Å². The summed E-state index contributed by atoms with van der Waals surface area (Å²) < 4.78 is 5.56. The zero-order valence-corrected chi connectivity index (χ0v) is 13.8. The standard InChI is InChI=1S/C19H20N2O3/c1-13-3-5-15(6-4-13)11-19(23)20-16-7-8-18-17(12-16)21(14(2)22)9-10-24-18/h3-8,12H,9-11H2,1-2H3,(H,20,23). The Bertz CT molecular complexity index is 769. The number of nitrogens with one attached hydrogen (secondary N) is 1. The molecule has 0 saturated carbocycles. The molecule has 0 bridgehead atoms. The molecule has 2 aromatic carbocycles. The van der Waals surface area contributed by atoms with Crippen LogP contribution in [0.3, 0.4) is 0 Å². The molecule has 2 aromatic rings. The topological polar surface area (TPSA) is 58.6 Å². The Morgan fingerprint density at radius 1 is 1.17 bits per heavy atom. The smallest absolute Gasteiger partial charge is 0.228 e. The van der Waals surface area contributed by atoms with E-state index >= 15 is 0 Å². The predicted octanol–water partition coefficient (Wildman–Crippen LogP) is 2.92. The average molecular weight is 324 g/mol. The quantitative estimate of drug-likeness (QED) is 0.944. The van der Waals surface area contributed by atoms with Crippen LogP contribution in [0, 0.1) is 6.92 Å². The summed E-state index contributed by atoms with van der Waals surface area (Å²) in [5.74, 6) is 0.528. The van der Waals surface area contributed by atoms with Gasteiger partial charge in [-0.15, -0.1) is 0 Å². The van der Waals surface area contributed by atoms with Crippen LogP contribution < -0.4 is 15.0 Å². The van der Waals surface area contributed by atoms with Gasteiger partial charge in [0.05, 0.1) is 18.7 Å². The Morgan fingerprint density at radius 2 is 1.92 bits per heavy atom. The van der Waals surface area contributed by atoms with Crippen LogP contribution in [0.25, 0.3) is 0 Å². The highest BCUT2D eigenvalue weighted by atomic mass is 16.5. The van der Waals surface area contributed by atoms with Gasteiger partial charge in [0.2, 0.25) is 11.8 Å². The third kappa shape index (κ3) is 3.56. The van der Waals surface area contributed by atoms with Crippen molar-refractivity contribution in [2.75, 3.05) is 23.4 Å². The first-order valence-corrected chi connectivity index (χ1v) is 7.93. The van der Waals surface area contributed by atoms with Crippen LogP contribution in [-0.4, -0.2) is 25.0 Å². The normalized spacial score (nSPS) is 13.0. The van der Waals surface area contributed by atoms with Crippen molar-refractivity contribution < 1.29 is 14.3 Å². The van der Waals surface area contributed by atoms with E-state index in [1.54, 1.807) is 23.1 Å². The largest absolute Gasteiger partial charge is 0.490 e. The lowest BCUT2D eigenvalue weighted by Crippen LogP contribution is -2.36. The number of amides is 2. The van der Waals surface area contributed by atoms with Crippen molar-refractivity contribution in [3.63, 3.8) is 0 Å². The molecule has 0 aromatic heterocycles. The number of hydrogen-bond donors (Lipinski definition) is 1. The number of fused-ring (bicyclic) bond motifs is 1. The molecule has 24 heavy (non-hydrogen) atoms. The highest BCUT2D eigenvalue weighted by molar-refractivity contribution is 5.97. The van der Waals surface area contributed by atoms with Gasteiger partial charge in [0.15, 0.2) is 0 Å². The molecule has 1 heterocycles. The molecule has 5 heteroatoms. The van der Waals surface area contributed by atoms with E-state index in [2.05, 4.69) is 5.32 Å². The molecule has 0 spiro atoms. The second kappa shape index (κ2) is 6.74. The van der Waals surface area contributed by atoms with Crippen LogP contribution in [-0.2, 0) is 16.0 Å². The highest BCUT2D eigenvalue weighted by Gasteiger charge is 2.21. The number of anilines is 2. The van der Waals surface area contributed by atoms with Gasteiger partial charge in [0.1, 0.15) is 12.4 Å². The molecule has 1 aliphatic rings. The number of carbonyl (C=O) groups excluding carboxylic acids is 2. The Kier molecular flexibility index (Phi) is 4.51. The molecule has 0 fully saturated rings. The average Bonchev–Trinajstić information content (AvgIpc) is 2.56. The summed E-state index contributed by atoms with van der Waals surface area (Å²) in [6.07, 6.45) is 0.310. The van der Waals surface area contributed by atoms with E-state index in [0.29, 0.717) is 36.7 Å². The molecule has 3 rings (SSSR count). The van der Waals surface area contributed by atoms with E-state index in [4.69, 9.17) is 4.74 Å². The summed E-state index contributed by atoms with van der Waals surface area (Å²) in [6.45, 7) is 4.53. The van der Waals surface area contributed by atoms with Gasteiger partial charge in [0.25, 0.3) is 0 Å². The molecular formula is C19H20N2O3. The van der Waals surface area contributed by atoms with Gasteiger partial charge in [0, 0.05) is 12.6 Å². The van der Waals surface area contributed by atoms with Crippen molar-refractivity contribution >= 4 is 23.2 Å². The van der Waals surface area contributed by atoms with Gasteiger partial charge < -0.3 is 15.0 Å². The number of rotatable bonds is 3. The second-order valence-electron chi connectivity index (χ2n) is 5.91. The Labute approximate surface area is 141 Å². The molecule has 0 radical (unpaired) electrons. The maximum absolute atomic E-state index is 12.2. The predicted molar refractivity (Wildman–Crippen MR) is 93.5 cm³/mol. The van der Waals surface area contributed by atoms with E-state index in [1.807, 2.05) is 31.2 Å². The molecule has 0 unspecified atom stereocenters. The second-order valence-corrected chi connectivity index (χ2v) is 5.91. The van der Waals surface area contributed by atoms with Crippen LogP contribution in [0.1, 0.15) is 18.1 Å². The molecule has 5 nitrogen and oxygen atoms in total. The number of hydrogen-bond acceptors (Lipinski definition) is 3. The van der Waals surface area contributed by atoms with Crippen LogP contribution in [0.15, 0.2) is 42.5 Å². The van der Waals surface area contributed by atoms with Gasteiger partial charge in [-0.25, -0.2) is 0 Å². The number of benzene rings is 2. The molecule has 124 valence electrons. The minimum atomic E-state index is -0.0927. The molecule has 0 aliphatic carbocycles. The summed E-state index contributed by atoms with van der Waals surface area (Å²) in [4.78, 5) is 25.6. The number of carbonyl (C=O) groups is 2. The molecule has 2 amide bonds. The van der Waals surface area contributed by atoms with E-state index in [0.717, 1.165) is 11.1 Å². The van der Waals surface area contributed by atoms with Crippen molar-refractivity contribution in [2.24, 2.45) is 0 Å². The van der Waals surface area contributed by atoms with Crippen molar-refractivity contribution in [2.45, 2.75) is 20.3 Å². The summed E-state index contributed by atoms with van der Waals surface area (Å²) in [5.41, 5.74) is 3.48. The Balaban J connectivity index is 1.73. The molecular weight excluding hydrogens is 304 g/mol. The highest BCUT2D eigenvalue weighted by Crippen LogP contribution is 2.34. The van der Waals surface area contributed by atoms with E-state index in [1.165, 1.54) is 6.92 Å². The molecule has 0 saturated heterocycles. The van der Waals surface area contributed by atoms with Gasteiger partial charge in [-0.2, -0.15) is 0 Å². The molecule has 1 aliphatic heterocycles. The Hall–Kier alpha value is -2.82. The summed E-state index contributed by atoms with van der Waals surface area (Å²) in [7, 11) is 0. The van der Waals surface area contributed by atoms with Crippen LogP contribution in [0.4, 0.5) is 11.4 Å². The Morgan fingerprint density at radius 3 is 2.62 bits per heavy atom. The summed E-state index contributed by atoms with van der Waals surface area (Å²) >= 11 is 0. The third-order valence-corrected chi connectivity index (χ3v) is 3.97. The number of ether oxygens (including phenoxy) is 1. The van der Waals surface area contributed by atoms with Gasteiger partial charge in [-0.05, 0) is 30.7 Å². The van der Waals surface area contributed by atoms with Crippen molar-refractivity contribution in [1.29, 1.82) is 0 Å². The first kappa shape index (κ1) is 16.1. The van der Waals surface area contributed by atoms with Crippen molar-refractivity contribution in [1.82, 2.24) is 0 Å². The number of nitrogens with zero attached hydrogens (tertiary/aromatic N) is 1. The van der Waals surface area contributed by atoms with Gasteiger partial charge >= 0.3 is 0 Å². The molecule has 0 atom stereocenters. The van der Waals surface area contributed by atoms with Gasteiger partial charge in [-0.3, -0.25) is 9.59 Å². The minimum Gasteiger partial charge on any atom is -0.490 e. The lowest BCUT2D eigenvalue weighted by Gasteiger charge is -2.29. The lowest BCUT2D eigenvalue weighted by molar-refractivity contribution is -0.117.